The van der Waals surface area contributed by atoms with Crippen molar-refractivity contribution in [1.29, 1.82) is 0 Å². The van der Waals surface area contributed by atoms with Crippen molar-refractivity contribution in [3.63, 3.8) is 0 Å². The van der Waals surface area contributed by atoms with Crippen LogP contribution in [0.5, 0.6) is 0 Å². The van der Waals surface area contributed by atoms with Crippen molar-refractivity contribution in [2.24, 2.45) is 0 Å². The van der Waals surface area contributed by atoms with Crippen molar-refractivity contribution < 1.29 is 18.8 Å². The van der Waals surface area contributed by atoms with Crippen molar-refractivity contribution in [3.8, 4) is 5.69 Å². The van der Waals surface area contributed by atoms with Gasteiger partial charge in [0.2, 0.25) is 5.91 Å². The second-order valence-electron chi connectivity index (χ2n) is 11.6. The van der Waals surface area contributed by atoms with Crippen molar-refractivity contribution in [2.45, 2.75) is 84.0 Å². The van der Waals surface area contributed by atoms with Gasteiger partial charge in [0, 0.05) is 28.8 Å². The van der Waals surface area contributed by atoms with Gasteiger partial charge in [0.15, 0.2) is 14.1 Å². The van der Waals surface area contributed by atoms with Crippen LogP contribution >= 0.6 is 11.6 Å². The first-order valence-electron chi connectivity index (χ1n) is 13.4. The molecule has 1 N–H and O–H groups in total. The largest absolute Gasteiger partial charge is 0.448 e. The van der Waals surface area contributed by atoms with Gasteiger partial charge in [-0.05, 0) is 68.6 Å². The van der Waals surface area contributed by atoms with Gasteiger partial charge < -0.3 is 14.5 Å². The number of hydrogen-bond acceptors (Lipinski definition) is 6. The van der Waals surface area contributed by atoms with Gasteiger partial charge in [0.1, 0.15) is 0 Å². The highest BCUT2D eigenvalue weighted by Crippen LogP contribution is 2.41. The maximum atomic E-state index is 13.1. The molecule has 2 aromatic heterocycles. The first kappa shape index (κ1) is 29.0. The van der Waals surface area contributed by atoms with Crippen LogP contribution in [0.25, 0.3) is 5.69 Å². The topological polar surface area (TPSA) is 100 Å². The third kappa shape index (κ3) is 6.80. The highest BCUT2D eigenvalue weighted by Gasteiger charge is 2.37. The summed E-state index contributed by atoms with van der Waals surface area (Å²) in [6, 6.07) is 7.49. The lowest BCUT2D eigenvalue weighted by molar-refractivity contribution is -0.117. The van der Waals surface area contributed by atoms with Crippen molar-refractivity contribution in [3.05, 3.63) is 58.5 Å². The molecular weight excluding hydrogens is 534 g/mol. The minimum absolute atomic E-state index is 0.110. The van der Waals surface area contributed by atoms with Crippen LogP contribution in [0.4, 0.5) is 10.6 Å². The molecule has 1 saturated carbocycles. The molecule has 1 unspecified atom stereocenters. The summed E-state index contributed by atoms with van der Waals surface area (Å²) >= 11 is 6.44. The van der Waals surface area contributed by atoms with Gasteiger partial charge in [-0.3, -0.25) is 4.79 Å². The van der Waals surface area contributed by atoms with Gasteiger partial charge in [0.05, 0.1) is 36.7 Å². The monoisotopic (exact) mass is 571 g/mol. The van der Waals surface area contributed by atoms with E-state index in [0.717, 1.165) is 35.3 Å². The van der Waals surface area contributed by atoms with Crippen molar-refractivity contribution >= 4 is 37.7 Å². The summed E-state index contributed by atoms with van der Waals surface area (Å²) in [5, 5.41) is 12.3. The van der Waals surface area contributed by atoms with Gasteiger partial charge in [-0.2, -0.15) is 9.78 Å². The van der Waals surface area contributed by atoms with Gasteiger partial charge >= 0.3 is 6.09 Å². The Balaban J connectivity index is 1.46. The van der Waals surface area contributed by atoms with E-state index in [9.17, 15) is 9.59 Å². The summed E-state index contributed by atoms with van der Waals surface area (Å²) in [6.45, 7) is 15.3. The third-order valence-corrected chi connectivity index (χ3v) is 12.2. The molecule has 11 heteroatoms. The Hall–Kier alpha value is -2.95. The molecular formula is C28H38ClN5O4Si. The van der Waals surface area contributed by atoms with Crippen LogP contribution < -0.4 is 5.32 Å². The molecule has 0 spiro atoms. The van der Waals surface area contributed by atoms with E-state index in [1.807, 2.05) is 24.4 Å². The lowest BCUT2D eigenvalue weighted by Gasteiger charge is -2.36. The summed E-state index contributed by atoms with van der Waals surface area (Å²) < 4.78 is 14.5. The van der Waals surface area contributed by atoms with Crippen LogP contribution in [0.2, 0.25) is 23.2 Å². The Bertz CT molecular complexity index is 1360. The number of nitrogens with zero attached hydrogens (tertiary/aromatic N) is 4. The van der Waals surface area contributed by atoms with E-state index in [2.05, 4.69) is 49.4 Å². The number of ether oxygens (including phenoxy) is 1. The Morgan fingerprint density at radius 3 is 2.56 bits per heavy atom. The molecule has 1 atom stereocenters. The molecule has 0 aliphatic heterocycles. The fraction of sp³-hybridized carbons (Fsp3) is 0.500. The summed E-state index contributed by atoms with van der Waals surface area (Å²) in [5.41, 5.74) is 3.25. The number of nitrogens with one attached hydrogen (secondary N) is 1. The number of halogens is 1. The molecule has 1 aromatic carbocycles. The maximum absolute atomic E-state index is 13.1. The number of amides is 1. The van der Waals surface area contributed by atoms with Gasteiger partial charge in [-0.1, -0.05) is 32.4 Å². The second-order valence-corrected chi connectivity index (χ2v) is 16.9. The predicted octanol–water partition coefficient (Wildman–Crippen LogP) is 6.87. The van der Waals surface area contributed by atoms with E-state index in [-0.39, 0.29) is 23.5 Å². The lowest BCUT2D eigenvalue weighted by atomic mass is 10.0. The van der Waals surface area contributed by atoms with Crippen molar-refractivity contribution in [2.75, 3.05) is 11.9 Å². The van der Waals surface area contributed by atoms with Gasteiger partial charge in [-0.15, -0.1) is 5.10 Å². The zero-order chi connectivity index (χ0) is 28.5. The molecule has 1 amide bonds. The number of carbonyl (C=O) groups excluding carboxylic acids is 2. The zero-order valence-corrected chi connectivity index (χ0v) is 25.5. The van der Waals surface area contributed by atoms with Gasteiger partial charge in [-0.25, -0.2) is 9.48 Å². The predicted molar refractivity (Wildman–Crippen MR) is 154 cm³/mol. The van der Waals surface area contributed by atoms with E-state index in [1.165, 1.54) is 4.68 Å². The Morgan fingerprint density at radius 2 is 1.92 bits per heavy atom. The second kappa shape index (κ2) is 11.3. The summed E-state index contributed by atoms with van der Waals surface area (Å²) in [4.78, 5) is 25.4. The molecule has 0 radical (unpaired) electrons. The van der Waals surface area contributed by atoms with Crippen LogP contribution in [0.1, 0.15) is 76.1 Å². The molecule has 39 heavy (non-hydrogen) atoms. The van der Waals surface area contributed by atoms with Gasteiger partial charge in [0.25, 0.3) is 0 Å². The Morgan fingerprint density at radius 1 is 1.21 bits per heavy atom. The lowest BCUT2D eigenvalue weighted by Crippen LogP contribution is -2.40. The Labute approximate surface area is 236 Å². The minimum atomic E-state index is -1.92. The molecule has 2 heterocycles. The van der Waals surface area contributed by atoms with E-state index in [1.54, 1.807) is 30.8 Å². The molecule has 4 rings (SSSR count). The smallest absolute Gasteiger partial charge is 0.434 e. The SMILES string of the molecule is CCOC(=O)n1nc(NC(=O)C(C)c2cnn(-c3cc(Cl)cc(CO[Si](C)(C)C(C)(C)C)c3)c2)cc1C1CC1. The number of hydrogen-bond donors (Lipinski definition) is 1. The van der Waals surface area contributed by atoms with Crippen LogP contribution in [0, 0.1) is 0 Å². The van der Waals surface area contributed by atoms with E-state index in [0.29, 0.717) is 17.4 Å². The van der Waals surface area contributed by atoms with Crippen LogP contribution in [-0.4, -0.2) is 46.5 Å². The first-order valence-corrected chi connectivity index (χ1v) is 16.6. The summed E-state index contributed by atoms with van der Waals surface area (Å²) in [6.07, 6.45) is 4.93. The fourth-order valence-electron chi connectivity index (χ4n) is 3.87. The average molecular weight is 572 g/mol. The number of rotatable bonds is 9. The quantitative estimate of drug-likeness (QED) is 0.281. The van der Waals surface area contributed by atoms with E-state index >= 15 is 0 Å². The molecule has 210 valence electrons. The highest BCUT2D eigenvalue weighted by atomic mass is 35.5. The molecule has 0 saturated heterocycles. The van der Waals surface area contributed by atoms with Crippen LogP contribution in [-0.2, 0) is 20.6 Å². The highest BCUT2D eigenvalue weighted by molar-refractivity contribution is 6.74. The zero-order valence-electron chi connectivity index (χ0n) is 23.7. The average Bonchev–Trinajstić information content (AvgIpc) is 3.42. The molecule has 0 bridgehead atoms. The maximum Gasteiger partial charge on any atom is 0.434 e. The van der Waals surface area contributed by atoms with E-state index in [4.69, 9.17) is 20.8 Å². The standard InChI is InChI=1S/C28H38ClN5O4Si/c1-8-37-27(36)34-24(20-9-10-20)14-25(32-34)31-26(35)18(2)21-15-30-33(16-21)23-12-19(11-22(29)13-23)17-38-39(6,7)28(3,4)5/h11-16,18,20H,8-10,17H2,1-7H3,(H,31,32,35). The number of aromatic nitrogens is 4. The number of benzene rings is 1. The van der Waals surface area contributed by atoms with E-state index < -0.39 is 20.3 Å². The number of carbonyl (C=O) groups is 2. The Kier molecular flexibility index (Phi) is 8.39. The number of anilines is 1. The van der Waals surface area contributed by atoms with Crippen LogP contribution in [0.3, 0.4) is 0 Å². The minimum Gasteiger partial charge on any atom is -0.448 e. The molecule has 1 aliphatic carbocycles. The molecule has 9 nitrogen and oxygen atoms in total. The molecule has 1 fully saturated rings. The molecule has 3 aromatic rings. The normalized spacial score (nSPS) is 14.8. The molecule has 1 aliphatic rings. The fourth-order valence-corrected chi connectivity index (χ4v) is 5.09. The van der Waals surface area contributed by atoms with Crippen molar-refractivity contribution in [1.82, 2.24) is 19.6 Å². The first-order chi connectivity index (χ1) is 18.3. The third-order valence-electron chi connectivity index (χ3n) is 7.53. The summed E-state index contributed by atoms with van der Waals surface area (Å²) in [7, 11) is -1.92. The summed E-state index contributed by atoms with van der Waals surface area (Å²) in [5.74, 6) is -0.162. The van der Waals surface area contributed by atoms with Crippen LogP contribution in [0.15, 0.2) is 36.7 Å².